The molecule has 2 saturated heterocycles. The minimum Gasteiger partial charge on any atom is -0.382 e. The standard InChI is InChI=1S/C22H26ClN5O2/c23-21-20(25-13-17-2-1-11-30-15-17)14-26-28(22(21)29)19-7-9-27(10-8-19)18-5-3-16(12-24)4-6-18/h3-6,14,17,19,25H,1-2,7-11,13,15H2. The number of hydrogen-bond acceptors (Lipinski definition) is 6. The van der Waals surface area contributed by atoms with E-state index >= 15 is 0 Å². The lowest BCUT2D eigenvalue weighted by Crippen LogP contribution is -2.38. The average molecular weight is 428 g/mol. The Bertz CT molecular complexity index is 955. The molecule has 0 radical (unpaired) electrons. The van der Waals surface area contributed by atoms with E-state index in [1.807, 2.05) is 24.3 Å². The molecule has 1 unspecified atom stereocenters. The Balaban J connectivity index is 1.38. The molecule has 1 atom stereocenters. The first kappa shape index (κ1) is 20.7. The third-order valence-electron chi connectivity index (χ3n) is 5.95. The normalized spacial score (nSPS) is 20.0. The van der Waals surface area contributed by atoms with Crippen molar-refractivity contribution < 1.29 is 4.74 Å². The summed E-state index contributed by atoms with van der Waals surface area (Å²) in [5.41, 5.74) is 2.11. The van der Waals surface area contributed by atoms with Crippen LogP contribution in [-0.4, -0.2) is 42.6 Å². The molecule has 2 aliphatic heterocycles. The Labute approximate surface area is 181 Å². The zero-order valence-electron chi connectivity index (χ0n) is 16.9. The fraction of sp³-hybridized carbons (Fsp3) is 0.500. The predicted molar refractivity (Wildman–Crippen MR) is 117 cm³/mol. The lowest BCUT2D eigenvalue weighted by atomic mass is 10.0. The van der Waals surface area contributed by atoms with Gasteiger partial charge in [0, 0.05) is 31.9 Å². The molecular weight excluding hydrogens is 402 g/mol. The molecule has 1 N–H and O–H groups in total. The molecule has 1 aromatic carbocycles. The highest BCUT2D eigenvalue weighted by atomic mass is 35.5. The summed E-state index contributed by atoms with van der Waals surface area (Å²) in [7, 11) is 0. The van der Waals surface area contributed by atoms with Crippen molar-refractivity contribution in [2.24, 2.45) is 5.92 Å². The fourth-order valence-corrected chi connectivity index (χ4v) is 4.37. The molecule has 158 valence electrons. The van der Waals surface area contributed by atoms with Crippen molar-refractivity contribution >= 4 is 23.0 Å². The van der Waals surface area contributed by atoms with Crippen molar-refractivity contribution in [1.82, 2.24) is 9.78 Å². The van der Waals surface area contributed by atoms with Crippen LogP contribution >= 0.6 is 11.6 Å². The second kappa shape index (κ2) is 9.50. The van der Waals surface area contributed by atoms with Crippen molar-refractivity contribution in [3.8, 4) is 6.07 Å². The van der Waals surface area contributed by atoms with Crippen LogP contribution in [0.5, 0.6) is 0 Å². The number of halogens is 1. The molecule has 0 spiro atoms. The van der Waals surface area contributed by atoms with E-state index in [0.29, 0.717) is 17.2 Å². The number of nitrogens with one attached hydrogen (secondary N) is 1. The molecule has 4 rings (SSSR count). The number of benzene rings is 1. The van der Waals surface area contributed by atoms with Crippen LogP contribution in [0, 0.1) is 17.2 Å². The van der Waals surface area contributed by atoms with Crippen molar-refractivity contribution in [2.45, 2.75) is 31.7 Å². The highest BCUT2D eigenvalue weighted by Crippen LogP contribution is 2.27. The van der Waals surface area contributed by atoms with Crippen molar-refractivity contribution in [2.75, 3.05) is 43.1 Å². The topological polar surface area (TPSA) is 83.2 Å². The summed E-state index contributed by atoms with van der Waals surface area (Å²) in [6.07, 6.45) is 5.49. The highest BCUT2D eigenvalue weighted by Gasteiger charge is 2.24. The summed E-state index contributed by atoms with van der Waals surface area (Å²) >= 11 is 6.38. The molecule has 2 aromatic rings. The van der Waals surface area contributed by atoms with Gasteiger partial charge in [-0.15, -0.1) is 0 Å². The molecule has 2 aliphatic rings. The molecule has 0 saturated carbocycles. The second-order valence-corrected chi connectivity index (χ2v) is 8.34. The highest BCUT2D eigenvalue weighted by molar-refractivity contribution is 6.32. The smallest absolute Gasteiger partial charge is 0.287 e. The number of nitrogens with zero attached hydrogens (tertiary/aromatic N) is 4. The van der Waals surface area contributed by atoms with E-state index in [-0.39, 0.29) is 16.6 Å². The fourth-order valence-electron chi connectivity index (χ4n) is 4.17. The second-order valence-electron chi connectivity index (χ2n) is 7.96. The maximum atomic E-state index is 12.8. The summed E-state index contributed by atoms with van der Waals surface area (Å²) in [5.74, 6) is 0.434. The number of rotatable bonds is 5. The van der Waals surface area contributed by atoms with Crippen LogP contribution in [0.2, 0.25) is 5.02 Å². The van der Waals surface area contributed by atoms with Gasteiger partial charge in [-0.1, -0.05) is 11.6 Å². The van der Waals surface area contributed by atoms with Crippen molar-refractivity contribution in [1.29, 1.82) is 5.26 Å². The number of piperidine rings is 1. The molecular formula is C22H26ClN5O2. The van der Waals surface area contributed by atoms with Crippen LogP contribution in [-0.2, 0) is 4.74 Å². The van der Waals surface area contributed by atoms with Gasteiger partial charge < -0.3 is 15.0 Å². The van der Waals surface area contributed by atoms with Crippen molar-refractivity contribution in [3.63, 3.8) is 0 Å². The van der Waals surface area contributed by atoms with E-state index in [4.69, 9.17) is 21.6 Å². The van der Waals surface area contributed by atoms with E-state index in [9.17, 15) is 4.79 Å². The summed E-state index contributed by atoms with van der Waals surface area (Å²) in [5, 5.41) is 16.8. The predicted octanol–water partition coefficient (Wildman–Crippen LogP) is 3.45. The summed E-state index contributed by atoms with van der Waals surface area (Å²) in [4.78, 5) is 15.1. The summed E-state index contributed by atoms with van der Waals surface area (Å²) < 4.78 is 7.04. The number of aromatic nitrogens is 2. The van der Waals surface area contributed by atoms with Gasteiger partial charge in [-0.2, -0.15) is 10.4 Å². The van der Waals surface area contributed by atoms with Gasteiger partial charge in [-0.25, -0.2) is 4.68 Å². The number of hydrogen-bond donors (Lipinski definition) is 1. The van der Waals surface area contributed by atoms with Crippen molar-refractivity contribution in [3.05, 3.63) is 51.4 Å². The molecule has 1 aromatic heterocycles. The third kappa shape index (κ3) is 4.61. The number of nitriles is 1. The molecule has 30 heavy (non-hydrogen) atoms. The molecule has 0 bridgehead atoms. The van der Waals surface area contributed by atoms with Gasteiger partial charge in [0.15, 0.2) is 0 Å². The lowest BCUT2D eigenvalue weighted by molar-refractivity contribution is 0.0595. The molecule has 3 heterocycles. The van der Waals surface area contributed by atoms with Gasteiger partial charge in [-0.3, -0.25) is 4.79 Å². The first-order valence-electron chi connectivity index (χ1n) is 10.5. The molecule has 2 fully saturated rings. The number of ether oxygens (including phenoxy) is 1. The largest absolute Gasteiger partial charge is 0.382 e. The van der Waals surface area contributed by atoms with Crippen LogP contribution in [0.25, 0.3) is 0 Å². The Morgan fingerprint density at radius 1 is 1.23 bits per heavy atom. The summed E-state index contributed by atoms with van der Waals surface area (Å²) in [6.45, 7) is 3.95. The van der Waals surface area contributed by atoms with Crippen LogP contribution in [0.1, 0.15) is 37.3 Å². The minimum atomic E-state index is -0.238. The molecule has 7 nitrogen and oxygen atoms in total. The van der Waals surface area contributed by atoms with Crippen LogP contribution in [0.4, 0.5) is 11.4 Å². The lowest BCUT2D eigenvalue weighted by Gasteiger charge is -2.34. The number of anilines is 2. The van der Waals surface area contributed by atoms with E-state index < -0.39 is 0 Å². The van der Waals surface area contributed by atoms with E-state index in [1.165, 1.54) is 4.68 Å². The Morgan fingerprint density at radius 2 is 2.00 bits per heavy atom. The Kier molecular flexibility index (Phi) is 6.56. The maximum absolute atomic E-state index is 12.8. The Hall–Kier alpha value is -2.56. The van der Waals surface area contributed by atoms with Gasteiger partial charge in [0.05, 0.1) is 36.2 Å². The SMILES string of the molecule is N#Cc1ccc(N2CCC(n3ncc(NCC4CCCOC4)c(Cl)c3=O)CC2)cc1. The molecule has 8 heteroatoms. The van der Waals surface area contributed by atoms with E-state index in [1.54, 1.807) is 6.20 Å². The van der Waals surface area contributed by atoms with E-state index in [2.05, 4.69) is 21.4 Å². The quantitative estimate of drug-likeness (QED) is 0.786. The van der Waals surface area contributed by atoms with Gasteiger partial charge in [-0.05, 0) is 55.9 Å². The van der Waals surface area contributed by atoms with Crippen LogP contribution in [0.3, 0.4) is 0 Å². The molecule has 0 amide bonds. The van der Waals surface area contributed by atoms with Crippen LogP contribution in [0.15, 0.2) is 35.3 Å². The van der Waals surface area contributed by atoms with Gasteiger partial charge >= 0.3 is 0 Å². The van der Waals surface area contributed by atoms with Gasteiger partial charge in [0.25, 0.3) is 5.56 Å². The first-order chi connectivity index (χ1) is 14.7. The molecule has 0 aliphatic carbocycles. The maximum Gasteiger partial charge on any atom is 0.287 e. The van der Waals surface area contributed by atoms with Crippen LogP contribution < -0.4 is 15.8 Å². The monoisotopic (exact) mass is 427 g/mol. The van der Waals surface area contributed by atoms with E-state index in [0.717, 1.165) is 64.2 Å². The van der Waals surface area contributed by atoms with Gasteiger partial charge in [0.1, 0.15) is 5.02 Å². The van der Waals surface area contributed by atoms with Gasteiger partial charge in [0.2, 0.25) is 0 Å². The zero-order valence-corrected chi connectivity index (χ0v) is 17.6. The summed E-state index contributed by atoms with van der Waals surface area (Å²) in [6, 6.07) is 9.78. The average Bonchev–Trinajstić information content (AvgIpc) is 2.81. The Morgan fingerprint density at radius 3 is 2.67 bits per heavy atom. The first-order valence-corrected chi connectivity index (χ1v) is 10.9. The third-order valence-corrected chi connectivity index (χ3v) is 6.32. The zero-order chi connectivity index (χ0) is 20.9. The minimum absolute atomic E-state index is 0.0328.